The fourth-order valence-corrected chi connectivity index (χ4v) is 7.43. The van der Waals surface area contributed by atoms with Gasteiger partial charge in [-0.25, -0.2) is 4.98 Å². The first-order chi connectivity index (χ1) is 22.3. The third kappa shape index (κ3) is 4.38. The lowest BCUT2D eigenvalue weighted by Gasteiger charge is -2.25. The van der Waals surface area contributed by atoms with Gasteiger partial charge in [-0.1, -0.05) is 103 Å². The number of nitrogens with zero attached hydrogens (tertiary/aromatic N) is 2. The third-order valence-electron chi connectivity index (χ3n) is 8.49. The lowest BCUT2D eigenvalue weighted by molar-refractivity contribution is 0.672. The van der Waals surface area contributed by atoms with Gasteiger partial charge >= 0.3 is 0 Å². The zero-order valence-corrected chi connectivity index (χ0v) is 25.0. The minimum Gasteiger partial charge on any atom is -0.455 e. The van der Waals surface area contributed by atoms with Crippen molar-refractivity contribution in [1.29, 1.82) is 0 Å². The average Bonchev–Trinajstić information content (AvgIpc) is 3.72. The van der Waals surface area contributed by atoms with Crippen LogP contribution >= 0.6 is 11.3 Å². The van der Waals surface area contributed by atoms with E-state index in [0.29, 0.717) is 0 Å². The molecule has 0 bridgehead atoms. The second-order valence-corrected chi connectivity index (χ2v) is 12.2. The van der Waals surface area contributed by atoms with Crippen LogP contribution in [-0.2, 0) is 0 Å². The molecule has 0 fully saturated rings. The second-order valence-electron chi connectivity index (χ2n) is 11.2. The Bertz CT molecular complexity index is 2480. The summed E-state index contributed by atoms with van der Waals surface area (Å²) in [5.74, 6) is 0. The van der Waals surface area contributed by atoms with Crippen LogP contribution in [0.3, 0.4) is 0 Å². The molecule has 212 valence electrons. The fourth-order valence-electron chi connectivity index (χ4n) is 6.33. The quantitative estimate of drug-likeness (QED) is 0.198. The number of anilines is 3. The van der Waals surface area contributed by atoms with E-state index in [-0.39, 0.29) is 0 Å². The highest BCUT2D eigenvalue weighted by atomic mass is 32.1. The first-order valence-electron chi connectivity index (χ1n) is 15.0. The number of hydrogen-bond donors (Lipinski definition) is 0. The van der Waals surface area contributed by atoms with E-state index >= 15 is 0 Å². The van der Waals surface area contributed by atoms with Crippen molar-refractivity contribution < 1.29 is 4.42 Å². The smallest absolute Gasteiger partial charge is 0.143 e. The summed E-state index contributed by atoms with van der Waals surface area (Å²) in [6.07, 6.45) is 0. The Morgan fingerprint density at radius 1 is 0.511 bits per heavy atom. The Kier molecular flexibility index (Phi) is 6.00. The van der Waals surface area contributed by atoms with Gasteiger partial charge in [0.25, 0.3) is 0 Å². The van der Waals surface area contributed by atoms with Crippen molar-refractivity contribution in [3.8, 4) is 21.7 Å². The van der Waals surface area contributed by atoms with Crippen molar-refractivity contribution in [3.63, 3.8) is 0 Å². The molecule has 9 rings (SSSR count). The molecule has 0 saturated heterocycles. The molecule has 45 heavy (non-hydrogen) atoms. The number of hydrogen-bond acceptors (Lipinski definition) is 4. The molecule has 0 aliphatic rings. The molecule has 0 aliphatic carbocycles. The second kappa shape index (κ2) is 10.5. The van der Waals surface area contributed by atoms with E-state index in [1.807, 2.05) is 6.07 Å². The zero-order valence-electron chi connectivity index (χ0n) is 24.2. The van der Waals surface area contributed by atoms with E-state index in [0.717, 1.165) is 60.5 Å². The number of furan rings is 1. The van der Waals surface area contributed by atoms with E-state index in [4.69, 9.17) is 9.40 Å². The summed E-state index contributed by atoms with van der Waals surface area (Å²) in [7, 11) is 0. The molecule has 0 amide bonds. The molecule has 0 radical (unpaired) electrons. The van der Waals surface area contributed by atoms with Crippen molar-refractivity contribution in [3.05, 3.63) is 158 Å². The zero-order chi connectivity index (χ0) is 29.7. The maximum absolute atomic E-state index is 6.55. The Labute approximate surface area is 264 Å². The molecule has 7 aromatic carbocycles. The maximum atomic E-state index is 6.55. The molecular formula is C41H26N2OS. The normalized spacial score (nSPS) is 11.6. The largest absolute Gasteiger partial charge is 0.455 e. The Morgan fingerprint density at radius 2 is 1.22 bits per heavy atom. The molecule has 0 spiro atoms. The molecule has 2 aromatic heterocycles. The molecule has 0 atom stereocenters. The number of rotatable bonds is 5. The Balaban J connectivity index is 1.14. The minimum absolute atomic E-state index is 0.877. The van der Waals surface area contributed by atoms with Crippen molar-refractivity contribution in [2.75, 3.05) is 4.90 Å². The average molecular weight is 595 g/mol. The summed E-state index contributed by atoms with van der Waals surface area (Å²) in [6, 6.07) is 55.4. The molecule has 9 aromatic rings. The molecule has 0 unspecified atom stereocenters. The van der Waals surface area contributed by atoms with Gasteiger partial charge in [-0.2, -0.15) is 0 Å². The van der Waals surface area contributed by atoms with Gasteiger partial charge in [0, 0.05) is 50.4 Å². The van der Waals surface area contributed by atoms with Gasteiger partial charge in [0.1, 0.15) is 16.2 Å². The highest BCUT2D eigenvalue weighted by Gasteiger charge is 2.17. The van der Waals surface area contributed by atoms with Crippen LogP contribution < -0.4 is 4.90 Å². The fraction of sp³-hybridized carbons (Fsp3) is 0. The van der Waals surface area contributed by atoms with Crippen LogP contribution in [-0.4, -0.2) is 4.98 Å². The molecule has 3 nitrogen and oxygen atoms in total. The molecule has 0 aliphatic heterocycles. The van der Waals surface area contributed by atoms with Crippen LogP contribution in [0.25, 0.3) is 64.6 Å². The summed E-state index contributed by atoms with van der Waals surface area (Å²) in [4.78, 5) is 7.24. The van der Waals surface area contributed by atoms with Crippen molar-refractivity contribution in [2.45, 2.75) is 0 Å². The van der Waals surface area contributed by atoms with Crippen LogP contribution in [0, 0.1) is 0 Å². The van der Waals surface area contributed by atoms with Gasteiger partial charge < -0.3 is 9.32 Å². The van der Waals surface area contributed by atoms with Crippen LogP contribution in [0.1, 0.15) is 0 Å². The van der Waals surface area contributed by atoms with Crippen molar-refractivity contribution in [2.24, 2.45) is 0 Å². The van der Waals surface area contributed by atoms with Crippen molar-refractivity contribution >= 4 is 71.3 Å². The number of benzene rings is 7. The highest BCUT2D eigenvalue weighted by molar-refractivity contribution is 7.22. The minimum atomic E-state index is 0.877. The van der Waals surface area contributed by atoms with E-state index in [1.165, 1.54) is 21.2 Å². The standard InChI is InChI=1S/C41H26N2OS/c1-3-11-29(12-4-1)41-42-37-17-9-16-34(40(37)45-41)28-18-21-31(22-19-28)43(30-13-5-2-6-14-30)32-23-25-35-36-24-20-27-10-7-8-15-33(27)39(36)44-38(35)26-32/h1-26H. The van der Waals surface area contributed by atoms with E-state index in [2.05, 4.69) is 157 Å². The van der Waals surface area contributed by atoms with E-state index < -0.39 is 0 Å². The van der Waals surface area contributed by atoms with Gasteiger partial charge in [0.05, 0.1) is 10.2 Å². The van der Waals surface area contributed by atoms with Gasteiger partial charge in [0.15, 0.2) is 0 Å². The van der Waals surface area contributed by atoms with E-state index in [1.54, 1.807) is 11.3 Å². The number of aromatic nitrogens is 1. The summed E-state index contributed by atoms with van der Waals surface area (Å²) >= 11 is 1.75. The van der Waals surface area contributed by atoms with Gasteiger partial charge in [-0.3, -0.25) is 0 Å². The first kappa shape index (κ1) is 25.8. The lowest BCUT2D eigenvalue weighted by Crippen LogP contribution is -2.09. The number of fused-ring (bicyclic) bond motifs is 6. The summed E-state index contributed by atoms with van der Waals surface area (Å²) in [5, 5.41) is 5.61. The predicted octanol–water partition coefficient (Wildman–Crippen LogP) is 12.2. The van der Waals surface area contributed by atoms with E-state index in [9.17, 15) is 0 Å². The maximum Gasteiger partial charge on any atom is 0.143 e. The van der Waals surface area contributed by atoms with Gasteiger partial charge in [-0.15, -0.1) is 11.3 Å². The monoisotopic (exact) mass is 594 g/mol. The van der Waals surface area contributed by atoms with Crippen LogP contribution in [0.5, 0.6) is 0 Å². The summed E-state index contributed by atoms with van der Waals surface area (Å²) in [5.41, 5.74) is 9.55. The van der Waals surface area contributed by atoms with Gasteiger partial charge in [0.2, 0.25) is 0 Å². The summed E-state index contributed by atoms with van der Waals surface area (Å²) in [6.45, 7) is 0. The molecular weight excluding hydrogens is 569 g/mol. The first-order valence-corrected chi connectivity index (χ1v) is 15.9. The van der Waals surface area contributed by atoms with Gasteiger partial charge in [-0.05, 0) is 59.5 Å². The third-order valence-corrected chi connectivity index (χ3v) is 9.65. The lowest BCUT2D eigenvalue weighted by atomic mass is 10.0. The Hall–Kier alpha value is -5.71. The predicted molar refractivity (Wildman–Crippen MR) is 190 cm³/mol. The van der Waals surface area contributed by atoms with Crippen LogP contribution in [0.2, 0.25) is 0 Å². The molecule has 0 N–H and O–H groups in total. The summed E-state index contributed by atoms with van der Waals surface area (Å²) < 4.78 is 7.75. The van der Waals surface area contributed by atoms with Crippen LogP contribution in [0.15, 0.2) is 162 Å². The highest BCUT2D eigenvalue weighted by Crippen LogP contribution is 2.41. The molecule has 0 saturated carbocycles. The molecule has 4 heteroatoms. The van der Waals surface area contributed by atoms with Crippen molar-refractivity contribution in [1.82, 2.24) is 4.98 Å². The topological polar surface area (TPSA) is 29.3 Å². The number of para-hydroxylation sites is 1. The Morgan fingerprint density at radius 3 is 2.07 bits per heavy atom. The molecule has 2 heterocycles. The number of thiazole rings is 1. The van der Waals surface area contributed by atoms with Crippen LogP contribution in [0.4, 0.5) is 17.1 Å². The SMILES string of the molecule is c1ccc(-c2nc3cccc(-c4ccc(N(c5ccccc5)c5ccc6c(c5)oc5c7ccccc7ccc65)cc4)c3s2)cc1.